The number of carbonyl (C=O) groups is 2. The summed E-state index contributed by atoms with van der Waals surface area (Å²) in [6.45, 7) is 1.80. The van der Waals surface area contributed by atoms with Crippen LogP contribution >= 0.6 is 12.6 Å². The first-order chi connectivity index (χ1) is 11.0. The van der Waals surface area contributed by atoms with E-state index in [0.717, 1.165) is 16.7 Å². The number of carboxylic acids is 1. The van der Waals surface area contributed by atoms with E-state index in [-0.39, 0.29) is 11.5 Å². The highest BCUT2D eigenvalue weighted by molar-refractivity contribution is 7.79. The highest BCUT2D eigenvalue weighted by Crippen LogP contribution is 2.17. The zero-order chi connectivity index (χ0) is 16.8. The molecule has 0 atom stereocenters. The van der Waals surface area contributed by atoms with E-state index >= 15 is 0 Å². The molecule has 2 aromatic carbocycles. The number of amides is 1. The third-order valence-electron chi connectivity index (χ3n) is 3.52. The van der Waals surface area contributed by atoms with Crippen LogP contribution in [0.15, 0.2) is 42.5 Å². The van der Waals surface area contributed by atoms with Crippen molar-refractivity contribution in [3.63, 3.8) is 0 Å². The van der Waals surface area contributed by atoms with Gasteiger partial charge in [-0.1, -0.05) is 24.3 Å². The van der Waals surface area contributed by atoms with Crippen molar-refractivity contribution in [1.29, 1.82) is 0 Å². The molecule has 5 heteroatoms. The largest absolute Gasteiger partial charge is 0.478 e. The summed E-state index contributed by atoms with van der Waals surface area (Å²) < 4.78 is 0. The van der Waals surface area contributed by atoms with Gasteiger partial charge in [-0.15, -0.1) is 0 Å². The smallest absolute Gasteiger partial charge is 0.335 e. The van der Waals surface area contributed by atoms with Crippen molar-refractivity contribution in [3.8, 4) is 0 Å². The minimum atomic E-state index is -1.01. The van der Waals surface area contributed by atoms with Gasteiger partial charge in [0.05, 0.1) is 5.56 Å². The fourth-order valence-electron chi connectivity index (χ4n) is 2.41. The highest BCUT2D eigenvalue weighted by atomic mass is 32.1. The molecule has 23 heavy (non-hydrogen) atoms. The highest BCUT2D eigenvalue weighted by Gasteiger charge is 2.09. The molecule has 0 aromatic heterocycles. The molecule has 0 saturated carbocycles. The average molecular weight is 329 g/mol. The molecule has 0 heterocycles. The van der Waals surface area contributed by atoms with E-state index in [9.17, 15) is 9.59 Å². The van der Waals surface area contributed by atoms with Gasteiger partial charge in [-0.05, 0) is 48.2 Å². The molecule has 0 radical (unpaired) electrons. The zero-order valence-electron chi connectivity index (χ0n) is 12.9. The third kappa shape index (κ3) is 4.86. The number of carbonyl (C=O) groups excluding carboxylic acids is 1. The van der Waals surface area contributed by atoms with Gasteiger partial charge in [-0.2, -0.15) is 12.6 Å². The van der Waals surface area contributed by atoms with Gasteiger partial charge in [0, 0.05) is 17.9 Å². The number of nitrogens with one attached hydrogen (secondary N) is 1. The number of aryl methyl sites for hydroxylation is 2. The Kier molecular flexibility index (Phi) is 5.82. The van der Waals surface area contributed by atoms with E-state index in [1.54, 1.807) is 19.1 Å². The Hall–Kier alpha value is -2.27. The Labute approximate surface area is 141 Å². The topological polar surface area (TPSA) is 66.4 Å². The minimum absolute atomic E-state index is 0.138. The van der Waals surface area contributed by atoms with Gasteiger partial charge < -0.3 is 10.4 Å². The van der Waals surface area contributed by atoms with Gasteiger partial charge in [0.15, 0.2) is 0 Å². The van der Waals surface area contributed by atoms with Crippen LogP contribution in [0.3, 0.4) is 0 Å². The lowest BCUT2D eigenvalue weighted by atomic mass is 10.0. The number of anilines is 1. The molecule has 0 aliphatic rings. The molecular formula is C18H19NO3S. The second-order valence-electron chi connectivity index (χ2n) is 5.37. The summed E-state index contributed by atoms with van der Waals surface area (Å²) in [6.07, 6.45) is 0.960. The summed E-state index contributed by atoms with van der Waals surface area (Å²) in [7, 11) is 0. The first-order valence-corrected chi connectivity index (χ1v) is 7.95. The van der Waals surface area contributed by atoms with E-state index < -0.39 is 5.97 Å². The first-order valence-electron chi connectivity index (χ1n) is 7.32. The van der Waals surface area contributed by atoms with E-state index in [1.807, 2.05) is 24.3 Å². The number of hydrogen-bond acceptors (Lipinski definition) is 3. The molecule has 0 bridgehead atoms. The predicted octanol–water partition coefficient (Wildman–Crippen LogP) is 3.69. The van der Waals surface area contributed by atoms with Crippen molar-refractivity contribution >= 4 is 30.2 Å². The maximum atomic E-state index is 12.1. The normalized spacial score (nSPS) is 10.3. The molecule has 2 N–H and O–H groups in total. The molecule has 0 fully saturated rings. The van der Waals surface area contributed by atoms with E-state index in [0.29, 0.717) is 24.3 Å². The molecule has 2 aromatic rings. The lowest BCUT2D eigenvalue weighted by molar-refractivity contribution is -0.116. The lowest BCUT2D eigenvalue weighted by Crippen LogP contribution is -2.13. The Morgan fingerprint density at radius 2 is 1.83 bits per heavy atom. The molecule has 1 amide bonds. The molecule has 4 nitrogen and oxygen atoms in total. The molecule has 0 saturated heterocycles. The van der Waals surface area contributed by atoms with Crippen molar-refractivity contribution in [2.24, 2.45) is 0 Å². The second kappa shape index (κ2) is 7.83. The molecular weight excluding hydrogens is 310 g/mol. The maximum absolute atomic E-state index is 12.1. The van der Waals surface area contributed by atoms with Crippen LogP contribution in [0.25, 0.3) is 0 Å². The molecule has 2 rings (SSSR count). The molecule has 0 aliphatic heterocycles. The number of hydrogen-bond donors (Lipinski definition) is 3. The minimum Gasteiger partial charge on any atom is -0.478 e. The van der Waals surface area contributed by atoms with Gasteiger partial charge in [-0.3, -0.25) is 4.79 Å². The fourth-order valence-corrected chi connectivity index (χ4v) is 2.71. The van der Waals surface area contributed by atoms with Crippen molar-refractivity contribution in [3.05, 3.63) is 64.7 Å². The van der Waals surface area contributed by atoms with Crippen LogP contribution in [0, 0.1) is 6.92 Å². The van der Waals surface area contributed by atoms with E-state index in [2.05, 4.69) is 17.9 Å². The second-order valence-corrected chi connectivity index (χ2v) is 5.68. The first kappa shape index (κ1) is 17.1. The van der Waals surface area contributed by atoms with Crippen molar-refractivity contribution in [1.82, 2.24) is 0 Å². The zero-order valence-corrected chi connectivity index (χ0v) is 13.8. The van der Waals surface area contributed by atoms with E-state index in [1.165, 1.54) is 6.07 Å². The Bertz CT molecular complexity index is 728. The van der Waals surface area contributed by atoms with Gasteiger partial charge in [-0.25, -0.2) is 4.79 Å². The number of carboxylic acid groups (broad SMARTS) is 1. The van der Waals surface area contributed by atoms with Crippen molar-refractivity contribution in [2.45, 2.75) is 25.5 Å². The summed E-state index contributed by atoms with van der Waals surface area (Å²) in [5.74, 6) is -0.509. The van der Waals surface area contributed by atoms with Gasteiger partial charge >= 0.3 is 5.97 Å². The standard InChI is InChI=1S/C18H19NO3S/c1-12-8-15(18(21)22)10-16(9-12)19-17(20)7-6-13-4-2-3-5-14(13)11-23/h2-5,8-10,23H,6-7,11H2,1H3,(H,19,20)(H,21,22). The third-order valence-corrected chi connectivity index (χ3v) is 3.86. The van der Waals surface area contributed by atoms with Gasteiger partial charge in [0.2, 0.25) is 5.91 Å². The van der Waals surface area contributed by atoms with Crippen LogP contribution < -0.4 is 5.32 Å². The van der Waals surface area contributed by atoms with Crippen LogP contribution in [-0.2, 0) is 17.0 Å². The summed E-state index contributed by atoms with van der Waals surface area (Å²) >= 11 is 4.29. The lowest BCUT2D eigenvalue weighted by Gasteiger charge is -2.09. The summed E-state index contributed by atoms with van der Waals surface area (Å²) in [5.41, 5.74) is 3.69. The number of thiol groups is 1. The quantitative estimate of drug-likeness (QED) is 0.708. The van der Waals surface area contributed by atoms with Crippen LogP contribution in [0.1, 0.15) is 33.5 Å². The SMILES string of the molecule is Cc1cc(NC(=O)CCc2ccccc2CS)cc(C(=O)O)c1. The summed E-state index contributed by atoms with van der Waals surface area (Å²) in [6, 6.07) is 12.7. The molecule has 0 spiro atoms. The van der Waals surface area contributed by atoms with Gasteiger partial charge in [0.1, 0.15) is 0 Å². The molecule has 0 aliphatic carbocycles. The molecule has 120 valence electrons. The average Bonchev–Trinajstić information content (AvgIpc) is 2.52. The monoisotopic (exact) mass is 329 g/mol. The predicted molar refractivity (Wildman–Crippen MR) is 94.2 cm³/mol. The number of benzene rings is 2. The van der Waals surface area contributed by atoms with Crippen LogP contribution in [-0.4, -0.2) is 17.0 Å². The van der Waals surface area contributed by atoms with Crippen LogP contribution in [0.5, 0.6) is 0 Å². The Balaban J connectivity index is 2.01. The fraction of sp³-hybridized carbons (Fsp3) is 0.222. The Morgan fingerprint density at radius 1 is 1.13 bits per heavy atom. The van der Waals surface area contributed by atoms with Crippen molar-refractivity contribution in [2.75, 3.05) is 5.32 Å². The summed E-state index contributed by atoms with van der Waals surface area (Å²) in [5, 5.41) is 11.8. The van der Waals surface area contributed by atoms with Crippen molar-refractivity contribution < 1.29 is 14.7 Å². The van der Waals surface area contributed by atoms with Crippen LogP contribution in [0.4, 0.5) is 5.69 Å². The summed E-state index contributed by atoms with van der Waals surface area (Å²) in [4.78, 5) is 23.2. The number of aromatic carboxylic acids is 1. The van der Waals surface area contributed by atoms with Gasteiger partial charge in [0.25, 0.3) is 0 Å². The number of rotatable bonds is 6. The Morgan fingerprint density at radius 3 is 2.48 bits per heavy atom. The van der Waals surface area contributed by atoms with E-state index in [4.69, 9.17) is 5.11 Å². The van der Waals surface area contributed by atoms with Crippen LogP contribution in [0.2, 0.25) is 0 Å². The maximum Gasteiger partial charge on any atom is 0.335 e. The molecule has 0 unspecified atom stereocenters.